The van der Waals surface area contributed by atoms with E-state index in [1.54, 1.807) is 23.9 Å². The first-order valence-electron chi connectivity index (χ1n) is 7.57. The van der Waals surface area contributed by atoms with E-state index in [1.165, 1.54) is 12.1 Å². The Hall–Kier alpha value is -2.34. The van der Waals surface area contributed by atoms with Gasteiger partial charge in [-0.15, -0.1) is 10.2 Å². The predicted octanol–water partition coefficient (Wildman–Crippen LogP) is 4.13. The van der Waals surface area contributed by atoms with Crippen LogP contribution < -0.4 is 4.74 Å². The monoisotopic (exact) mass is 343 g/mol. The van der Waals surface area contributed by atoms with Crippen LogP contribution in [0.1, 0.15) is 17.0 Å². The summed E-state index contributed by atoms with van der Waals surface area (Å²) in [6.45, 7) is 2.38. The number of thioether (sulfide) groups is 1. The maximum absolute atomic E-state index is 12.9. The number of halogens is 1. The third kappa shape index (κ3) is 3.94. The van der Waals surface area contributed by atoms with Gasteiger partial charge in [-0.3, -0.25) is 0 Å². The number of nitrogens with zero attached hydrogens (tertiary/aromatic N) is 3. The second-order valence-electron chi connectivity index (χ2n) is 5.43. The molecule has 0 radical (unpaired) electrons. The molecular weight excluding hydrogens is 325 g/mol. The van der Waals surface area contributed by atoms with Gasteiger partial charge >= 0.3 is 0 Å². The van der Waals surface area contributed by atoms with Crippen molar-refractivity contribution in [3.05, 3.63) is 71.3 Å². The second-order valence-corrected chi connectivity index (χ2v) is 6.37. The molecule has 0 spiro atoms. The first-order chi connectivity index (χ1) is 11.6. The highest BCUT2D eigenvalue weighted by molar-refractivity contribution is 7.98. The zero-order valence-corrected chi connectivity index (χ0v) is 14.4. The highest BCUT2D eigenvalue weighted by atomic mass is 32.2. The average molecular weight is 343 g/mol. The topological polar surface area (TPSA) is 39.9 Å². The van der Waals surface area contributed by atoms with Gasteiger partial charge in [-0.2, -0.15) is 0 Å². The molecule has 6 heteroatoms. The van der Waals surface area contributed by atoms with Crippen molar-refractivity contribution in [1.82, 2.24) is 14.8 Å². The van der Waals surface area contributed by atoms with E-state index in [0.29, 0.717) is 12.4 Å². The smallest absolute Gasteiger partial charge is 0.191 e. The van der Waals surface area contributed by atoms with E-state index >= 15 is 0 Å². The van der Waals surface area contributed by atoms with Crippen LogP contribution in [-0.4, -0.2) is 14.8 Å². The molecule has 0 aliphatic rings. The van der Waals surface area contributed by atoms with E-state index in [1.807, 2.05) is 42.8 Å². The van der Waals surface area contributed by atoms with Gasteiger partial charge < -0.3 is 9.30 Å². The Balaban J connectivity index is 1.61. The number of benzene rings is 2. The van der Waals surface area contributed by atoms with Crippen LogP contribution in [0, 0.1) is 12.7 Å². The third-order valence-corrected chi connectivity index (χ3v) is 4.75. The summed E-state index contributed by atoms with van der Waals surface area (Å²) in [6.07, 6.45) is 0. The van der Waals surface area contributed by atoms with Gasteiger partial charge in [0.25, 0.3) is 0 Å². The summed E-state index contributed by atoms with van der Waals surface area (Å²) in [5.74, 6) is 2.10. The quantitative estimate of drug-likeness (QED) is 0.631. The van der Waals surface area contributed by atoms with Crippen LogP contribution in [0.3, 0.4) is 0 Å². The van der Waals surface area contributed by atoms with Crippen LogP contribution >= 0.6 is 11.8 Å². The molecule has 0 bridgehead atoms. The Morgan fingerprint density at radius 2 is 1.83 bits per heavy atom. The summed E-state index contributed by atoms with van der Waals surface area (Å²) in [5, 5.41) is 9.21. The molecule has 0 N–H and O–H groups in total. The first-order valence-corrected chi connectivity index (χ1v) is 8.56. The van der Waals surface area contributed by atoms with Gasteiger partial charge in [-0.1, -0.05) is 42.1 Å². The second kappa shape index (κ2) is 7.49. The summed E-state index contributed by atoms with van der Waals surface area (Å²) >= 11 is 1.56. The SMILES string of the molecule is Cc1ccccc1OCc1nnc(SCc2ccc(F)cc2)n1C. The number of hydrogen-bond acceptors (Lipinski definition) is 4. The van der Waals surface area contributed by atoms with Crippen molar-refractivity contribution in [3.63, 3.8) is 0 Å². The van der Waals surface area contributed by atoms with Crippen molar-refractivity contribution in [2.45, 2.75) is 24.4 Å². The molecule has 0 aliphatic heterocycles. The zero-order chi connectivity index (χ0) is 16.9. The average Bonchev–Trinajstić information content (AvgIpc) is 2.94. The minimum Gasteiger partial charge on any atom is -0.485 e. The molecule has 0 amide bonds. The Morgan fingerprint density at radius 1 is 1.08 bits per heavy atom. The molecule has 3 aromatic rings. The van der Waals surface area contributed by atoms with Gasteiger partial charge in [0, 0.05) is 12.8 Å². The maximum Gasteiger partial charge on any atom is 0.191 e. The number of aryl methyl sites for hydroxylation is 1. The van der Waals surface area contributed by atoms with Crippen molar-refractivity contribution in [2.24, 2.45) is 7.05 Å². The van der Waals surface area contributed by atoms with Crippen molar-refractivity contribution in [1.29, 1.82) is 0 Å². The van der Waals surface area contributed by atoms with Gasteiger partial charge in [0.15, 0.2) is 11.0 Å². The summed E-state index contributed by atoms with van der Waals surface area (Å²) in [5.41, 5.74) is 2.13. The normalized spacial score (nSPS) is 10.8. The fourth-order valence-corrected chi connectivity index (χ4v) is 3.07. The summed E-state index contributed by atoms with van der Waals surface area (Å²) in [4.78, 5) is 0. The molecule has 0 saturated heterocycles. The van der Waals surface area contributed by atoms with Gasteiger partial charge in [0.1, 0.15) is 18.2 Å². The van der Waals surface area contributed by atoms with E-state index in [0.717, 1.165) is 27.9 Å². The molecule has 4 nitrogen and oxygen atoms in total. The lowest BCUT2D eigenvalue weighted by Crippen LogP contribution is -2.04. The standard InChI is InChI=1S/C18H18FN3OS/c1-13-5-3-4-6-16(13)23-11-17-20-21-18(22(17)2)24-12-14-7-9-15(19)10-8-14/h3-10H,11-12H2,1-2H3. The summed E-state index contributed by atoms with van der Waals surface area (Å²) in [7, 11) is 1.92. The highest BCUT2D eigenvalue weighted by Gasteiger charge is 2.10. The Labute approximate surface area is 144 Å². The molecule has 0 atom stereocenters. The van der Waals surface area contributed by atoms with Crippen LogP contribution in [0.25, 0.3) is 0 Å². The molecule has 24 heavy (non-hydrogen) atoms. The minimum atomic E-state index is -0.224. The number of ether oxygens (including phenoxy) is 1. The summed E-state index contributed by atoms with van der Waals surface area (Å²) in [6, 6.07) is 14.4. The molecule has 2 aromatic carbocycles. The van der Waals surface area contributed by atoms with Crippen molar-refractivity contribution >= 4 is 11.8 Å². The third-order valence-electron chi connectivity index (χ3n) is 3.66. The van der Waals surface area contributed by atoms with Crippen LogP contribution in [-0.2, 0) is 19.4 Å². The fraction of sp³-hybridized carbons (Fsp3) is 0.222. The van der Waals surface area contributed by atoms with Crippen LogP contribution in [0.4, 0.5) is 4.39 Å². The lowest BCUT2D eigenvalue weighted by molar-refractivity contribution is 0.288. The largest absolute Gasteiger partial charge is 0.485 e. The first kappa shape index (κ1) is 16.5. The maximum atomic E-state index is 12.9. The van der Waals surface area contributed by atoms with E-state index in [4.69, 9.17) is 4.74 Å². The molecule has 0 fully saturated rings. The molecule has 1 heterocycles. The summed E-state index contributed by atoms with van der Waals surface area (Å²) < 4.78 is 20.7. The molecule has 0 unspecified atom stereocenters. The van der Waals surface area contributed by atoms with Crippen LogP contribution in [0.15, 0.2) is 53.7 Å². The molecule has 3 rings (SSSR count). The van der Waals surface area contributed by atoms with Gasteiger partial charge in [-0.05, 0) is 36.2 Å². The number of hydrogen-bond donors (Lipinski definition) is 0. The molecular formula is C18H18FN3OS. The molecule has 124 valence electrons. The number of para-hydroxylation sites is 1. The van der Waals surface area contributed by atoms with Crippen molar-refractivity contribution < 1.29 is 9.13 Å². The lowest BCUT2D eigenvalue weighted by Gasteiger charge is -2.08. The van der Waals surface area contributed by atoms with E-state index in [9.17, 15) is 4.39 Å². The number of rotatable bonds is 6. The zero-order valence-electron chi connectivity index (χ0n) is 13.6. The Bertz CT molecular complexity index is 817. The van der Waals surface area contributed by atoms with Gasteiger partial charge in [-0.25, -0.2) is 4.39 Å². The molecule has 0 aliphatic carbocycles. The van der Waals surface area contributed by atoms with Crippen molar-refractivity contribution in [2.75, 3.05) is 0 Å². The highest BCUT2D eigenvalue weighted by Crippen LogP contribution is 2.22. The lowest BCUT2D eigenvalue weighted by atomic mass is 10.2. The Kier molecular flexibility index (Phi) is 5.15. The predicted molar refractivity (Wildman–Crippen MR) is 92.5 cm³/mol. The molecule has 1 aromatic heterocycles. The molecule has 0 saturated carbocycles. The van der Waals surface area contributed by atoms with Gasteiger partial charge in [0.05, 0.1) is 0 Å². The van der Waals surface area contributed by atoms with E-state index in [2.05, 4.69) is 10.2 Å². The van der Waals surface area contributed by atoms with E-state index in [-0.39, 0.29) is 5.82 Å². The van der Waals surface area contributed by atoms with Gasteiger partial charge in [0.2, 0.25) is 0 Å². The Morgan fingerprint density at radius 3 is 2.58 bits per heavy atom. The fourth-order valence-electron chi connectivity index (χ4n) is 2.19. The van der Waals surface area contributed by atoms with Crippen molar-refractivity contribution in [3.8, 4) is 5.75 Å². The number of aromatic nitrogens is 3. The van der Waals surface area contributed by atoms with E-state index < -0.39 is 0 Å². The van der Waals surface area contributed by atoms with Crippen LogP contribution in [0.5, 0.6) is 5.75 Å². The van der Waals surface area contributed by atoms with Crippen LogP contribution in [0.2, 0.25) is 0 Å². The minimum absolute atomic E-state index is 0.224.